The number of amides is 2. The summed E-state index contributed by atoms with van der Waals surface area (Å²) in [6.45, 7) is 5.86. The topological polar surface area (TPSA) is 307 Å². The van der Waals surface area contributed by atoms with E-state index in [1.807, 2.05) is 13.8 Å². The number of rotatable bonds is 18. The monoisotopic (exact) mass is 1010 g/mol. The van der Waals surface area contributed by atoms with Crippen molar-refractivity contribution in [1.29, 1.82) is 0 Å². The fourth-order valence-corrected chi connectivity index (χ4v) is 9.93. The molecule has 12 unspecified atom stereocenters. The lowest BCUT2D eigenvalue weighted by molar-refractivity contribution is -0.340. The molecule has 2 aromatic rings. The van der Waals surface area contributed by atoms with Gasteiger partial charge in [-0.1, -0.05) is 31.9 Å². The van der Waals surface area contributed by atoms with Crippen LogP contribution in [0.3, 0.4) is 0 Å². The number of aliphatic hydroxyl groups excluding tert-OH is 8. The molecule has 0 spiro atoms. The van der Waals surface area contributed by atoms with Crippen molar-refractivity contribution >= 4 is 11.8 Å². The van der Waals surface area contributed by atoms with Gasteiger partial charge >= 0.3 is 0 Å². The second kappa shape index (κ2) is 23.6. The SMILES string of the molecule is CCC[C@H](OC1C(NC(C)=O)[C@H](O[C@@H]2CC(CO[C@H]3OC(CO)[C@@H](O)C(n4cc(-c5cc(F)c(F)c(F)c5)nn4)C3O)CC(CC)C2O[C@@H]2OC(C)[C@@H](O)C(O)C2O)OC(CO)[C@@H]1O)C(=O)N1CCC1. The van der Waals surface area contributed by atoms with E-state index in [9.17, 15) is 63.6 Å². The predicted molar refractivity (Wildman–Crippen MR) is 231 cm³/mol. The summed E-state index contributed by atoms with van der Waals surface area (Å²) >= 11 is 0. The second-order valence-corrected chi connectivity index (χ2v) is 18.8. The van der Waals surface area contributed by atoms with Gasteiger partial charge in [0.25, 0.3) is 5.91 Å². The Morgan fingerprint density at radius 3 is 2.13 bits per heavy atom. The van der Waals surface area contributed by atoms with E-state index < -0.39 is 159 Å². The van der Waals surface area contributed by atoms with E-state index in [1.165, 1.54) is 13.8 Å². The highest BCUT2D eigenvalue weighted by atomic mass is 19.2. The summed E-state index contributed by atoms with van der Waals surface area (Å²) < 4.78 is 86.6. The van der Waals surface area contributed by atoms with Crippen LogP contribution < -0.4 is 5.32 Å². The Kier molecular flexibility index (Phi) is 18.3. The first-order valence-electron chi connectivity index (χ1n) is 23.9. The third kappa shape index (κ3) is 11.6. The average molecular weight is 1010 g/mol. The van der Waals surface area contributed by atoms with Crippen LogP contribution in [0.25, 0.3) is 11.3 Å². The summed E-state index contributed by atoms with van der Waals surface area (Å²) in [6, 6.07) is -1.28. The second-order valence-electron chi connectivity index (χ2n) is 18.8. The smallest absolute Gasteiger partial charge is 0.251 e. The summed E-state index contributed by atoms with van der Waals surface area (Å²) in [5, 5.41) is 98.0. The third-order valence-electron chi connectivity index (χ3n) is 13.9. The molecule has 4 aliphatic heterocycles. The first-order chi connectivity index (χ1) is 33.4. The van der Waals surface area contributed by atoms with Crippen LogP contribution in [-0.2, 0) is 42.7 Å². The maximum Gasteiger partial charge on any atom is 0.251 e. The lowest BCUT2D eigenvalue weighted by Gasteiger charge is -2.49. The van der Waals surface area contributed by atoms with E-state index in [1.54, 1.807) is 4.90 Å². The Bertz CT molecular complexity index is 2040. The van der Waals surface area contributed by atoms with Gasteiger partial charge in [0.1, 0.15) is 78.8 Å². The number of hydrogen-bond donors (Lipinski definition) is 9. The van der Waals surface area contributed by atoms with Crippen molar-refractivity contribution in [3.05, 3.63) is 35.8 Å². The Hall–Kier alpha value is -3.51. The molecule has 70 heavy (non-hydrogen) atoms. The van der Waals surface area contributed by atoms with E-state index in [4.69, 9.17) is 33.2 Å². The fourth-order valence-electron chi connectivity index (χ4n) is 9.93. The molecule has 2 amide bonds. The highest BCUT2D eigenvalue weighted by molar-refractivity contribution is 5.81. The minimum absolute atomic E-state index is 0.0522. The normalized spacial score (nSPS) is 38.5. The van der Waals surface area contributed by atoms with E-state index in [0.29, 0.717) is 44.5 Å². The zero-order valence-electron chi connectivity index (χ0n) is 39.2. The van der Waals surface area contributed by atoms with E-state index >= 15 is 0 Å². The molecule has 4 saturated heterocycles. The van der Waals surface area contributed by atoms with Crippen molar-refractivity contribution < 1.29 is 96.8 Å². The van der Waals surface area contributed by atoms with E-state index in [2.05, 4.69) is 15.6 Å². The number of aliphatic hydroxyl groups is 8. The molecule has 1 aliphatic carbocycles. The molecule has 1 saturated carbocycles. The van der Waals surface area contributed by atoms with Gasteiger partial charge < -0.3 is 84.2 Å². The van der Waals surface area contributed by atoms with Crippen LogP contribution in [0, 0.1) is 29.3 Å². The van der Waals surface area contributed by atoms with Crippen LogP contribution in [0.15, 0.2) is 18.3 Å². The molecule has 0 radical (unpaired) electrons. The number of carbonyl (C=O) groups excluding carboxylic acids is 2. The van der Waals surface area contributed by atoms with Gasteiger partial charge in [0.05, 0.1) is 44.3 Å². The maximum atomic E-state index is 14.1. The van der Waals surface area contributed by atoms with Crippen LogP contribution in [0.5, 0.6) is 0 Å². The van der Waals surface area contributed by atoms with Gasteiger partial charge in [0.15, 0.2) is 36.3 Å². The van der Waals surface area contributed by atoms with Crippen molar-refractivity contribution in [2.45, 2.75) is 177 Å². The van der Waals surface area contributed by atoms with Crippen LogP contribution in [-0.4, -0.2) is 210 Å². The number of nitrogens with one attached hydrogen (secondary N) is 1. The highest BCUT2D eigenvalue weighted by Gasteiger charge is 2.53. The molecule has 5 aliphatic rings. The highest BCUT2D eigenvalue weighted by Crippen LogP contribution is 2.41. The molecule has 25 heteroatoms. The fraction of sp³-hybridized carbons (Fsp3) is 0.778. The quantitative estimate of drug-likeness (QED) is 0.0790. The predicted octanol–water partition coefficient (Wildman–Crippen LogP) is -1.24. The molecular weight excluding hydrogens is 940 g/mol. The number of hydrogen-bond acceptors (Lipinski definition) is 19. The van der Waals surface area contributed by atoms with Gasteiger partial charge in [0, 0.05) is 25.6 Å². The minimum Gasteiger partial charge on any atom is -0.394 e. The van der Waals surface area contributed by atoms with Crippen LogP contribution in [0.2, 0.25) is 0 Å². The molecule has 394 valence electrons. The van der Waals surface area contributed by atoms with Crippen LogP contribution >= 0.6 is 0 Å². The summed E-state index contributed by atoms with van der Waals surface area (Å²) in [4.78, 5) is 28.1. The zero-order chi connectivity index (χ0) is 50.7. The molecule has 7 rings (SSSR count). The van der Waals surface area contributed by atoms with E-state index in [-0.39, 0.29) is 36.6 Å². The van der Waals surface area contributed by atoms with Crippen molar-refractivity contribution in [1.82, 2.24) is 25.2 Å². The molecule has 0 bridgehead atoms. The van der Waals surface area contributed by atoms with Crippen molar-refractivity contribution in [3.8, 4) is 11.3 Å². The Labute approximate surface area is 401 Å². The summed E-state index contributed by atoms with van der Waals surface area (Å²) in [7, 11) is 0. The molecule has 22 nitrogen and oxygen atoms in total. The minimum atomic E-state index is -1.71. The largest absolute Gasteiger partial charge is 0.394 e. The maximum absolute atomic E-state index is 14.1. The number of ether oxygens (including phenoxy) is 7. The van der Waals surface area contributed by atoms with Gasteiger partial charge in [-0.05, 0) is 56.6 Å². The molecule has 9 N–H and O–H groups in total. The molecule has 5 heterocycles. The standard InChI is InChI=1S/C45H66F3N5O17/c1-5-8-27(42(63)52-9-7-10-52)66-41-32(49-20(4)56)43(68-30(17-55)36(41)59)67-28-12-21(11-22(6-2)40(28)70-45-39(62)38(61)34(57)19(3)65-45)18-64-44-37(60)33(35(58)29(16-54)69-44)53-15-26(50-51-53)23-13-24(46)31(48)25(47)14-23/h13-15,19,21-22,27-30,32-41,43-45,54-55,57-62H,5-12,16-18H2,1-4H3,(H,49,56)/t19?,21?,22?,27-,28+,29?,30?,32?,33?,34+,35+,36-,37?,38?,39?,40?,41?,43+,44-,45-/m0/s1. The number of benzene rings is 1. The van der Waals surface area contributed by atoms with E-state index in [0.717, 1.165) is 17.3 Å². The third-order valence-corrected chi connectivity index (χ3v) is 13.9. The first kappa shape index (κ1) is 54.3. The average Bonchev–Trinajstić information content (AvgIpc) is 3.80. The van der Waals surface area contributed by atoms with Crippen molar-refractivity contribution in [3.63, 3.8) is 0 Å². The Balaban J connectivity index is 1.15. The molecular formula is C45H66F3N5O17. The van der Waals surface area contributed by atoms with Crippen molar-refractivity contribution in [2.24, 2.45) is 11.8 Å². The van der Waals surface area contributed by atoms with Crippen molar-refractivity contribution in [2.75, 3.05) is 32.9 Å². The van der Waals surface area contributed by atoms with Gasteiger partial charge in [-0.15, -0.1) is 5.10 Å². The van der Waals surface area contributed by atoms with Gasteiger partial charge in [-0.2, -0.15) is 0 Å². The molecule has 20 atom stereocenters. The lowest BCUT2D eigenvalue weighted by Crippen LogP contribution is -2.67. The summed E-state index contributed by atoms with van der Waals surface area (Å²) in [6.07, 6.45) is -18.6. The van der Waals surface area contributed by atoms with Gasteiger partial charge in [-0.25, -0.2) is 17.9 Å². The number of carbonyl (C=O) groups is 2. The Morgan fingerprint density at radius 2 is 1.51 bits per heavy atom. The number of nitrogens with zero attached hydrogens (tertiary/aromatic N) is 4. The number of likely N-dealkylation sites (tertiary alicyclic amines) is 1. The summed E-state index contributed by atoms with van der Waals surface area (Å²) in [5.74, 6) is -6.45. The Morgan fingerprint density at radius 1 is 0.843 bits per heavy atom. The van der Waals surface area contributed by atoms with Gasteiger partial charge in [0.2, 0.25) is 5.91 Å². The zero-order valence-corrected chi connectivity index (χ0v) is 39.2. The van der Waals surface area contributed by atoms with Gasteiger partial charge in [-0.3, -0.25) is 9.59 Å². The number of halogens is 3. The lowest BCUT2D eigenvalue weighted by atomic mass is 9.76. The molecule has 1 aromatic heterocycles. The molecule has 5 fully saturated rings. The number of aromatic nitrogens is 3. The first-order valence-corrected chi connectivity index (χ1v) is 23.9. The van der Waals surface area contributed by atoms with Crippen LogP contribution in [0.4, 0.5) is 13.2 Å². The van der Waals surface area contributed by atoms with Crippen LogP contribution in [0.1, 0.15) is 72.3 Å². The molecule has 1 aromatic carbocycles. The summed E-state index contributed by atoms with van der Waals surface area (Å²) in [5.41, 5.74) is -0.323.